The summed E-state index contributed by atoms with van der Waals surface area (Å²) in [5.41, 5.74) is 9.00. The number of nitrogens with zero attached hydrogens (tertiary/aromatic N) is 1. The SMILES string of the molecule is NC(=O)NN=Cc1ccc(OCCOc2ccc(OCc3ccccc3)cc2)cc1. The van der Waals surface area contributed by atoms with Crippen LogP contribution in [0.4, 0.5) is 4.79 Å². The largest absolute Gasteiger partial charge is 0.490 e. The number of carbonyl (C=O) groups is 1. The lowest BCUT2D eigenvalue weighted by molar-refractivity contribution is 0.217. The molecular formula is C23H23N3O4. The molecular weight excluding hydrogens is 382 g/mol. The van der Waals surface area contributed by atoms with Crippen molar-refractivity contribution in [2.75, 3.05) is 13.2 Å². The van der Waals surface area contributed by atoms with Crippen LogP contribution in [0.5, 0.6) is 17.2 Å². The van der Waals surface area contributed by atoms with E-state index in [9.17, 15) is 4.79 Å². The van der Waals surface area contributed by atoms with Crippen LogP contribution in [0.25, 0.3) is 0 Å². The van der Waals surface area contributed by atoms with Crippen LogP contribution in [0.2, 0.25) is 0 Å². The molecule has 0 saturated heterocycles. The lowest BCUT2D eigenvalue weighted by atomic mass is 10.2. The second kappa shape index (κ2) is 11.1. The first-order valence-electron chi connectivity index (χ1n) is 9.40. The van der Waals surface area contributed by atoms with Gasteiger partial charge >= 0.3 is 6.03 Å². The predicted octanol–water partition coefficient (Wildman–Crippen LogP) is 3.73. The van der Waals surface area contributed by atoms with Gasteiger partial charge < -0.3 is 19.9 Å². The molecule has 0 aliphatic rings. The zero-order valence-electron chi connectivity index (χ0n) is 16.4. The topological polar surface area (TPSA) is 95.2 Å². The Morgan fingerprint density at radius 3 is 1.90 bits per heavy atom. The molecule has 3 rings (SSSR count). The number of nitrogens with one attached hydrogen (secondary N) is 1. The van der Waals surface area contributed by atoms with E-state index in [1.54, 1.807) is 0 Å². The summed E-state index contributed by atoms with van der Waals surface area (Å²) in [6, 6.07) is 24.1. The minimum atomic E-state index is -0.708. The van der Waals surface area contributed by atoms with Crippen molar-refractivity contribution in [1.29, 1.82) is 0 Å². The Bertz CT molecular complexity index is 942. The smallest absolute Gasteiger partial charge is 0.332 e. The number of hydrogen-bond acceptors (Lipinski definition) is 5. The number of amides is 2. The van der Waals surface area contributed by atoms with Crippen LogP contribution >= 0.6 is 0 Å². The molecule has 3 aromatic rings. The highest BCUT2D eigenvalue weighted by atomic mass is 16.5. The fourth-order valence-corrected chi connectivity index (χ4v) is 2.51. The lowest BCUT2D eigenvalue weighted by Crippen LogP contribution is -2.24. The van der Waals surface area contributed by atoms with Crippen LogP contribution in [0.1, 0.15) is 11.1 Å². The fraction of sp³-hybridized carbons (Fsp3) is 0.130. The van der Waals surface area contributed by atoms with E-state index < -0.39 is 6.03 Å². The van der Waals surface area contributed by atoms with Gasteiger partial charge in [0.25, 0.3) is 0 Å². The van der Waals surface area contributed by atoms with Gasteiger partial charge in [-0.05, 0) is 59.7 Å². The number of rotatable bonds is 10. The zero-order valence-corrected chi connectivity index (χ0v) is 16.4. The molecule has 0 aliphatic heterocycles. The van der Waals surface area contributed by atoms with Crippen molar-refractivity contribution in [3.8, 4) is 17.2 Å². The number of benzene rings is 3. The average molecular weight is 405 g/mol. The lowest BCUT2D eigenvalue weighted by Gasteiger charge is -2.10. The summed E-state index contributed by atoms with van der Waals surface area (Å²) >= 11 is 0. The fourth-order valence-electron chi connectivity index (χ4n) is 2.51. The maximum absolute atomic E-state index is 10.6. The van der Waals surface area contributed by atoms with Crippen LogP contribution in [0, 0.1) is 0 Å². The number of hydrogen-bond donors (Lipinski definition) is 2. The normalized spacial score (nSPS) is 10.5. The quantitative estimate of drug-likeness (QED) is 0.305. The van der Waals surface area contributed by atoms with E-state index in [2.05, 4.69) is 10.5 Å². The van der Waals surface area contributed by atoms with E-state index in [1.165, 1.54) is 6.21 Å². The summed E-state index contributed by atoms with van der Waals surface area (Å²) in [6.45, 7) is 1.35. The number of urea groups is 1. The Morgan fingerprint density at radius 1 is 0.800 bits per heavy atom. The van der Waals surface area contributed by atoms with E-state index in [0.29, 0.717) is 25.6 Å². The van der Waals surface area contributed by atoms with Crippen molar-refractivity contribution < 1.29 is 19.0 Å². The molecule has 0 unspecified atom stereocenters. The second-order valence-electron chi connectivity index (χ2n) is 6.25. The van der Waals surface area contributed by atoms with E-state index in [4.69, 9.17) is 19.9 Å². The van der Waals surface area contributed by atoms with Crippen LogP contribution in [-0.2, 0) is 6.61 Å². The Kier molecular flexibility index (Phi) is 7.68. The van der Waals surface area contributed by atoms with Gasteiger partial charge in [-0.25, -0.2) is 10.2 Å². The first kappa shape index (κ1) is 20.7. The Labute approximate surface area is 175 Å². The van der Waals surface area contributed by atoms with Crippen LogP contribution in [0.3, 0.4) is 0 Å². The molecule has 3 N–H and O–H groups in total. The summed E-state index contributed by atoms with van der Waals surface area (Å²) < 4.78 is 17.1. The molecule has 2 amide bonds. The summed E-state index contributed by atoms with van der Waals surface area (Å²) in [5, 5.41) is 3.69. The molecule has 30 heavy (non-hydrogen) atoms. The maximum Gasteiger partial charge on any atom is 0.332 e. The Morgan fingerprint density at radius 2 is 1.33 bits per heavy atom. The van der Waals surface area contributed by atoms with Gasteiger partial charge in [0.05, 0.1) is 6.21 Å². The van der Waals surface area contributed by atoms with Gasteiger partial charge in [-0.3, -0.25) is 0 Å². The standard InChI is InChI=1S/C23H23N3O4/c24-23(27)26-25-16-18-6-8-20(9-7-18)28-14-15-29-21-10-12-22(13-11-21)30-17-19-4-2-1-3-5-19/h1-13,16H,14-15,17H2,(H3,24,26,27). The highest BCUT2D eigenvalue weighted by Crippen LogP contribution is 2.19. The highest BCUT2D eigenvalue weighted by molar-refractivity contribution is 5.81. The number of ether oxygens (including phenoxy) is 3. The minimum absolute atomic E-state index is 0.406. The molecule has 7 nitrogen and oxygen atoms in total. The number of carbonyl (C=O) groups excluding carboxylic acids is 1. The maximum atomic E-state index is 10.6. The second-order valence-corrected chi connectivity index (χ2v) is 6.25. The summed E-state index contributed by atoms with van der Waals surface area (Å²) in [4.78, 5) is 10.6. The highest BCUT2D eigenvalue weighted by Gasteiger charge is 1.99. The summed E-state index contributed by atoms with van der Waals surface area (Å²) in [5.74, 6) is 2.25. The third-order valence-electron chi connectivity index (χ3n) is 3.96. The van der Waals surface area contributed by atoms with E-state index >= 15 is 0 Å². The van der Waals surface area contributed by atoms with Gasteiger partial charge in [-0.2, -0.15) is 5.10 Å². The van der Waals surface area contributed by atoms with Crippen LogP contribution < -0.4 is 25.4 Å². The van der Waals surface area contributed by atoms with Crippen molar-refractivity contribution in [1.82, 2.24) is 5.43 Å². The molecule has 3 aromatic carbocycles. The first-order valence-corrected chi connectivity index (χ1v) is 9.40. The van der Waals surface area contributed by atoms with E-state index in [-0.39, 0.29) is 0 Å². The molecule has 0 spiro atoms. The molecule has 0 atom stereocenters. The van der Waals surface area contributed by atoms with Crippen molar-refractivity contribution in [2.45, 2.75) is 6.61 Å². The third kappa shape index (κ3) is 7.20. The van der Waals surface area contributed by atoms with Crippen molar-refractivity contribution in [2.24, 2.45) is 10.8 Å². The number of hydrazone groups is 1. The minimum Gasteiger partial charge on any atom is -0.490 e. The Hall–Kier alpha value is -4.00. The zero-order chi connectivity index (χ0) is 21.0. The molecule has 0 bridgehead atoms. The van der Waals surface area contributed by atoms with Crippen LogP contribution in [-0.4, -0.2) is 25.5 Å². The Balaban J connectivity index is 1.36. The molecule has 0 heterocycles. The summed E-state index contributed by atoms with van der Waals surface area (Å²) in [6.07, 6.45) is 1.49. The molecule has 0 saturated carbocycles. The van der Waals surface area contributed by atoms with Crippen molar-refractivity contribution >= 4 is 12.2 Å². The van der Waals surface area contributed by atoms with Gasteiger partial charge in [0, 0.05) is 0 Å². The molecule has 0 aliphatic carbocycles. The summed E-state index contributed by atoms with van der Waals surface area (Å²) in [7, 11) is 0. The van der Waals surface area contributed by atoms with Crippen molar-refractivity contribution in [3.63, 3.8) is 0 Å². The number of nitrogens with two attached hydrogens (primary N) is 1. The van der Waals surface area contributed by atoms with Gasteiger partial charge in [-0.15, -0.1) is 0 Å². The molecule has 0 fully saturated rings. The monoisotopic (exact) mass is 405 g/mol. The van der Waals surface area contributed by atoms with E-state index in [1.807, 2.05) is 78.9 Å². The van der Waals surface area contributed by atoms with Crippen LogP contribution in [0.15, 0.2) is 84.0 Å². The molecule has 0 aromatic heterocycles. The molecule has 7 heteroatoms. The first-order chi connectivity index (χ1) is 14.7. The van der Waals surface area contributed by atoms with E-state index in [0.717, 1.165) is 22.6 Å². The van der Waals surface area contributed by atoms with Gasteiger partial charge in [0.1, 0.15) is 37.1 Å². The van der Waals surface area contributed by atoms with Gasteiger partial charge in [0.2, 0.25) is 0 Å². The van der Waals surface area contributed by atoms with Gasteiger partial charge in [-0.1, -0.05) is 30.3 Å². The third-order valence-corrected chi connectivity index (χ3v) is 3.96. The van der Waals surface area contributed by atoms with Crippen molar-refractivity contribution in [3.05, 3.63) is 90.0 Å². The predicted molar refractivity (Wildman–Crippen MR) is 115 cm³/mol. The van der Waals surface area contributed by atoms with Gasteiger partial charge in [0.15, 0.2) is 0 Å². The molecule has 0 radical (unpaired) electrons. The molecule has 154 valence electrons. The average Bonchev–Trinajstić information content (AvgIpc) is 2.77. The number of primary amides is 1.